The first kappa shape index (κ1) is 18.0. The van der Waals surface area contributed by atoms with Crippen LogP contribution in [0.5, 0.6) is 0 Å². The Hall–Kier alpha value is -3.34. The molecule has 0 unspecified atom stereocenters. The van der Waals surface area contributed by atoms with Gasteiger partial charge in [-0.25, -0.2) is 13.8 Å². The van der Waals surface area contributed by atoms with E-state index in [0.29, 0.717) is 17.7 Å². The van der Waals surface area contributed by atoms with Crippen LogP contribution in [-0.2, 0) is 0 Å². The molecule has 140 valence electrons. The maximum absolute atomic E-state index is 14.5. The van der Waals surface area contributed by atoms with Gasteiger partial charge in [-0.2, -0.15) is 5.10 Å². The minimum atomic E-state index is -0.635. The third kappa shape index (κ3) is 3.31. The Balaban J connectivity index is 1.77. The lowest BCUT2D eigenvalue weighted by Gasteiger charge is -2.22. The van der Waals surface area contributed by atoms with Gasteiger partial charge in [-0.1, -0.05) is 60.2 Å². The predicted octanol–water partition coefficient (Wildman–Crippen LogP) is 5.26. The minimum Gasteiger partial charge on any atom is -0.267 e. The molecule has 0 fully saturated rings. The van der Waals surface area contributed by atoms with Gasteiger partial charge >= 0.3 is 0 Å². The second-order valence-electron chi connectivity index (χ2n) is 6.78. The van der Waals surface area contributed by atoms with Gasteiger partial charge in [0, 0.05) is 12.0 Å². The van der Waals surface area contributed by atoms with Crippen LogP contribution in [0.1, 0.15) is 39.5 Å². The van der Waals surface area contributed by atoms with Gasteiger partial charge in [0.15, 0.2) is 0 Å². The van der Waals surface area contributed by atoms with Crippen LogP contribution in [0.4, 0.5) is 8.78 Å². The van der Waals surface area contributed by atoms with E-state index in [1.807, 2.05) is 31.2 Å². The Bertz CT molecular complexity index is 1060. The molecule has 4 rings (SSSR count). The summed E-state index contributed by atoms with van der Waals surface area (Å²) in [6, 6.07) is 19.2. The number of carbonyl (C=O) groups excluding carboxylic acids is 1. The summed E-state index contributed by atoms with van der Waals surface area (Å²) in [5.41, 5.74) is 2.90. The number of hydrogen-bond acceptors (Lipinski definition) is 2. The number of hydrazone groups is 1. The van der Waals surface area contributed by atoms with Crippen LogP contribution in [-0.4, -0.2) is 16.6 Å². The fourth-order valence-corrected chi connectivity index (χ4v) is 3.36. The zero-order chi connectivity index (χ0) is 19.7. The molecule has 0 spiro atoms. The number of hydrogen-bond donors (Lipinski definition) is 0. The Morgan fingerprint density at radius 1 is 0.929 bits per heavy atom. The van der Waals surface area contributed by atoms with Gasteiger partial charge < -0.3 is 0 Å². The van der Waals surface area contributed by atoms with Gasteiger partial charge in [0.25, 0.3) is 5.91 Å². The third-order valence-corrected chi connectivity index (χ3v) is 4.87. The van der Waals surface area contributed by atoms with Gasteiger partial charge in [-0.3, -0.25) is 4.79 Å². The summed E-state index contributed by atoms with van der Waals surface area (Å²) < 4.78 is 28.7. The van der Waals surface area contributed by atoms with Crippen LogP contribution in [0.25, 0.3) is 0 Å². The molecule has 1 aliphatic rings. The number of nitrogens with zero attached hydrogens (tertiary/aromatic N) is 2. The first-order valence-electron chi connectivity index (χ1n) is 9.01. The van der Waals surface area contributed by atoms with Gasteiger partial charge in [0.2, 0.25) is 0 Å². The molecule has 3 aromatic rings. The lowest BCUT2D eigenvalue weighted by molar-refractivity contribution is 0.0704. The van der Waals surface area contributed by atoms with E-state index in [9.17, 15) is 13.6 Å². The van der Waals surface area contributed by atoms with Crippen molar-refractivity contribution in [1.29, 1.82) is 0 Å². The van der Waals surface area contributed by atoms with E-state index in [1.54, 1.807) is 24.3 Å². The smallest absolute Gasteiger partial charge is 0.267 e. The average molecular weight is 376 g/mol. The molecule has 3 aromatic carbocycles. The quantitative estimate of drug-likeness (QED) is 0.613. The number of halogens is 2. The summed E-state index contributed by atoms with van der Waals surface area (Å²) in [5, 5.41) is 5.67. The van der Waals surface area contributed by atoms with E-state index < -0.39 is 23.6 Å². The van der Waals surface area contributed by atoms with Crippen molar-refractivity contribution in [2.75, 3.05) is 0 Å². The van der Waals surface area contributed by atoms with E-state index in [2.05, 4.69) is 5.10 Å². The first-order valence-corrected chi connectivity index (χ1v) is 9.01. The Labute approximate surface area is 161 Å². The molecular formula is C23H18F2N2O. The zero-order valence-electron chi connectivity index (χ0n) is 15.3. The number of aryl methyl sites for hydroxylation is 1. The fourth-order valence-electron chi connectivity index (χ4n) is 3.36. The molecule has 0 saturated carbocycles. The van der Waals surface area contributed by atoms with Crippen LogP contribution >= 0.6 is 0 Å². The lowest BCUT2D eigenvalue weighted by Crippen LogP contribution is -2.28. The number of carbonyl (C=O) groups is 1. The van der Waals surface area contributed by atoms with Crippen molar-refractivity contribution in [3.8, 4) is 0 Å². The Morgan fingerprint density at radius 2 is 1.57 bits per heavy atom. The third-order valence-electron chi connectivity index (χ3n) is 4.87. The van der Waals surface area contributed by atoms with E-state index in [-0.39, 0.29) is 5.56 Å². The minimum absolute atomic E-state index is 0.0854. The molecule has 28 heavy (non-hydrogen) atoms. The van der Waals surface area contributed by atoms with E-state index in [0.717, 1.165) is 11.1 Å². The number of rotatable bonds is 3. The molecule has 0 saturated heterocycles. The molecule has 1 atom stereocenters. The van der Waals surface area contributed by atoms with Crippen LogP contribution in [0, 0.1) is 18.6 Å². The second-order valence-corrected chi connectivity index (χ2v) is 6.78. The fraction of sp³-hybridized carbons (Fsp3) is 0.130. The maximum atomic E-state index is 14.5. The SMILES string of the molecule is Cc1ccc(C2=NN(C(=O)c3ccccc3F)[C@H](c3ccccc3F)C2)cc1. The second kappa shape index (κ2) is 7.35. The zero-order valence-corrected chi connectivity index (χ0v) is 15.3. The molecule has 0 radical (unpaired) electrons. The molecule has 0 aliphatic carbocycles. The molecule has 1 amide bonds. The summed E-state index contributed by atoms with van der Waals surface area (Å²) in [6.45, 7) is 1.98. The van der Waals surface area contributed by atoms with Crippen LogP contribution in [0.3, 0.4) is 0 Å². The van der Waals surface area contributed by atoms with E-state index >= 15 is 0 Å². The molecule has 1 aliphatic heterocycles. The lowest BCUT2D eigenvalue weighted by atomic mass is 9.97. The Kier molecular flexibility index (Phi) is 4.74. The normalized spacial score (nSPS) is 16.2. The summed E-state index contributed by atoms with van der Waals surface area (Å²) in [6.07, 6.45) is 0.351. The molecule has 1 heterocycles. The van der Waals surface area contributed by atoms with Crippen LogP contribution in [0.15, 0.2) is 77.9 Å². The van der Waals surface area contributed by atoms with Crippen LogP contribution < -0.4 is 0 Å². The van der Waals surface area contributed by atoms with Gasteiger partial charge in [0.05, 0.1) is 17.3 Å². The predicted molar refractivity (Wildman–Crippen MR) is 104 cm³/mol. The monoisotopic (exact) mass is 376 g/mol. The summed E-state index contributed by atoms with van der Waals surface area (Å²) in [4.78, 5) is 13.1. The highest BCUT2D eigenvalue weighted by Crippen LogP contribution is 2.35. The highest BCUT2D eigenvalue weighted by atomic mass is 19.1. The van der Waals surface area contributed by atoms with Gasteiger partial charge in [-0.05, 0) is 30.7 Å². The Morgan fingerprint density at radius 3 is 2.25 bits per heavy atom. The van der Waals surface area contributed by atoms with Crippen LogP contribution in [0.2, 0.25) is 0 Å². The molecule has 0 N–H and O–H groups in total. The summed E-state index contributed by atoms with van der Waals surface area (Å²) in [5.74, 6) is -1.63. The van der Waals surface area contributed by atoms with Crippen molar-refractivity contribution < 1.29 is 13.6 Å². The van der Waals surface area contributed by atoms with Crippen molar-refractivity contribution in [2.45, 2.75) is 19.4 Å². The van der Waals surface area contributed by atoms with E-state index in [4.69, 9.17) is 0 Å². The summed E-state index contributed by atoms with van der Waals surface area (Å²) in [7, 11) is 0. The number of amides is 1. The molecule has 0 aromatic heterocycles. The summed E-state index contributed by atoms with van der Waals surface area (Å²) >= 11 is 0. The molecule has 3 nitrogen and oxygen atoms in total. The van der Waals surface area contributed by atoms with E-state index in [1.165, 1.54) is 29.3 Å². The standard InChI is InChI=1S/C23H18F2N2O/c1-15-10-12-16(13-11-15)21-14-22(17-6-2-4-8-19(17)24)27(26-21)23(28)18-7-3-5-9-20(18)25/h2-13,22H,14H2,1H3/t22-/m0/s1. The van der Waals surface area contributed by atoms with Crippen molar-refractivity contribution in [3.05, 3.63) is 107 Å². The highest BCUT2D eigenvalue weighted by Gasteiger charge is 2.35. The van der Waals surface area contributed by atoms with Gasteiger partial charge in [0.1, 0.15) is 11.6 Å². The maximum Gasteiger partial charge on any atom is 0.277 e. The molecular weight excluding hydrogens is 358 g/mol. The first-order chi connectivity index (χ1) is 13.5. The highest BCUT2D eigenvalue weighted by molar-refractivity contribution is 6.05. The van der Waals surface area contributed by atoms with Crippen molar-refractivity contribution in [1.82, 2.24) is 5.01 Å². The van der Waals surface area contributed by atoms with Gasteiger partial charge in [-0.15, -0.1) is 0 Å². The molecule has 0 bridgehead atoms. The average Bonchev–Trinajstić information content (AvgIpc) is 3.14. The van der Waals surface area contributed by atoms with Crippen molar-refractivity contribution in [2.24, 2.45) is 5.10 Å². The number of benzene rings is 3. The van der Waals surface area contributed by atoms with Crippen molar-refractivity contribution >= 4 is 11.6 Å². The largest absolute Gasteiger partial charge is 0.277 e. The topological polar surface area (TPSA) is 32.7 Å². The van der Waals surface area contributed by atoms with Crippen molar-refractivity contribution in [3.63, 3.8) is 0 Å². The molecule has 5 heteroatoms.